The number of thiazole rings is 1. The van der Waals surface area contributed by atoms with Crippen molar-refractivity contribution in [1.29, 1.82) is 0 Å². The Kier molecular flexibility index (Phi) is 5.92. The highest BCUT2D eigenvalue weighted by Crippen LogP contribution is 2.27. The summed E-state index contributed by atoms with van der Waals surface area (Å²) in [5, 5.41) is 0.589. The van der Waals surface area contributed by atoms with E-state index in [0.717, 1.165) is 65.3 Å². The van der Waals surface area contributed by atoms with Crippen LogP contribution in [0.15, 0.2) is 78.9 Å². The number of rotatable bonds is 6. The summed E-state index contributed by atoms with van der Waals surface area (Å²) >= 11 is 1.48. The summed E-state index contributed by atoms with van der Waals surface area (Å²) in [4.78, 5) is 24.5. The number of piperidine rings is 1. The van der Waals surface area contributed by atoms with Crippen LogP contribution in [0.1, 0.15) is 28.5 Å². The first-order chi connectivity index (χ1) is 17.2. The largest absolute Gasteiger partial charge is 0.486 e. The van der Waals surface area contributed by atoms with Gasteiger partial charge in [-0.25, -0.2) is 9.97 Å². The molecule has 0 saturated carbocycles. The molecule has 35 heavy (non-hydrogen) atoms. The minimum absolute atomic E-state index is 0.0506. The van der Waals surface area contributed by atoms with Gasteiger partial charge in [0.05, 0.1) is 21.3 Å². The molecule has 3 aromatic carbocycles. The third-order valence-corrected chi connectivity index (χ3v) is 7.69. The van der Waals surface area contributed by atoms with Crippen molar-refractivity contribution < 1.29 is 9.53 Å². The molecule has 1 aliphatic heterocycles. The third-order valence-electron chi connectivity index (χ3n) is 6.66. The van der Waals surface area contributed by atoms with Crippen LogP contribution in [-0.4, -0.2) is 38.4 Å². The second-order valence-corrected chi connectivity index (χ2v) is 9.98. The van der Waals surface area contributed by atoms with Gasteiger partial charge in [0.2, 0.25) is 0 Å². The monoisotopic (exact) mass is 482 g/mol. The van der Waals surface area contributed by atoms with E-state index in [1.165, 1.54) is 11.3 Å². The Morgan fingerprint density at radius 1 is 0.886 bits per heavy atom. The smallest absolute Gasteiger partial charge is 0.282 e. The van der Waals surface area contributed by atoms with Gasteiger partial charge in [-0.05, 0) is 55.2 Å². The van der Waals surface area contributed by atoms with Crippen LogP contribution < -0.4 is 4.74 Å². The second kappa shape index (κ2) is 9.50. The molecule has 5 aromatic rings. The molecule has 1 saturated heterocycles. The number of para-hydroxylation sites is 4. The molecule has 0 N–H and O–H groups in total. The Morgan fingerprint density at radius 3 is 2.40 bits per heavy atom. The van der Waals surface area contributed by atoms with Crippen molar-refractivity contribution in [1.82, 2.24) is 19.4 Å². The van der Waals surface area contributed by atoms with E-state index < -0.39 is 0 Å². The number of aromatic nitrogens is 3. The van der Waals surface area contributed by atoms with Gasteiger partial charge in [0.1, 0.15) is 18.2 Å². The molecule has 6 nitrogen and oxygen atoms in total. The van der Waals surface area contributed by atoms with Crippen LogP contribution in [0, 0.1) is 5.92 Å². The fourth-order valence-electron chi connectivity index (χ4n) is 4.78. The number of ether oxygens (including phenoxy) is 1. The maximum Gasteiger partial charge on any atom is 0.282 e. The topological polar surface area (TPSA) is 60.2 Å². The van der Waals surface area contributed by atoms with Crippen LogP contribution in [0.2, 0.25) is 0 Å². The number of hydrogen-bond donors (Lipinski definition) is 0. The Bertz CT molecular complexity index is 1440. The first-order valence-electron chi connectivity index (χ1n) is 12.0. The van der Waals surface area contributed by atoms with Gasteiger partial charge in [0.15, 0.2) is 5.01 Å². The van der Waals surface area contributed by atoms with E-state index in [1.807, 2.05) is 65.6 Å². The highest BCUT2D eigenvalue weighted by atomic mass is 32.1. The van der Waals surface area contributed by atoms with Crippen molar-refractivity contribution in [2.24, 2.45) is 5.92 Å². The number of carbonyl (C=O) groups is 1. The number of amides is 1. The van der Waals surface area contributed by atoms with Gasteiger partial charge in [-0.1, -0.05) is 42.5 Å². The fraction of sp³-hybridized carbons (Fsp3) is 0.250. The molecule has 0 bridgehead atoms. The first-order valence-corrected chi connectivity index (χ1v) is 12.8. The molecule has 0 atom stereocenters. The number of likely N-dealkylation sites (tertiary alicyclic amines) is 1. The maximum absolute atomic E-state index is 13.1. The average Bonchev–Trinajstić information content (AvgIpc) is 3.50. The zero-order valence-electron chi connectivity index (χ0n) is 19.3. The predicted molar refractivity (Wildman–Crippen MR) is 139 cm³/mol. The Hall–Kier alpha value is -3.71. The summed E-state index contributed by atoms with van der Waals surface area (Å²) in [7, 11) is 0. The van der Waals surface area contributed by atoms with Gasteiger partial charge in [0, 0.05) is 19.6 Å². The quantitative estimate of drug-likeness (QED) is 0.308. The third kappa shape index (κ3) is 4.51. The number of benzene rings is 3. The first kappa shape index (κ1) is 21.8. The maximum atomic E-state index is 13.1. The molecule has 1 fully saturated rings. The Balaban J connectivity index is 1.15. The highest BCUT2D eigenvalue weighted by molar-refractivity contribution is 7.20. The SMILES string of the molecule is O=C(c1nc2ccccc2s1)N1CCC(Cn2c(COc3ccccc3)nc3ccccc32)CC1. The van der Waals surface area contributed by atoms with Gasteiger partial charge < -0.3 is 14.2 Å². The van der Waals surface area contributed by atoms with E-state index in [0.29, 0.717) is 17.5 Å². The van der Waals surface area contributed by atoms with Crippen LogP contribution in [0.25, 0.3) is 21.3 Å². The molecule has 3 heterocycles. The number of nitrogens with zero attached hydrogens (tertiary/aromatic N) is 4. The fourth-order valence-corrected chi connectivity index (χ4v) is 5.71. The Labute approximate surface area is 207 Å². The molecule has 2 aromatic heterocycles. The predicted octanol–water partition coefficient (Wildman–Crippen LogP) is 5.78. The Morgan fingerprint density at radius 2 is 1.60 bits per heavy atom. The standard InChI is InChI=1S/C28H26N4O2S/c33-28(27-30-23-11-5-7-13-25(23)35-27)31-16-14-20(15-17-31)18-32-24-12-6-4-10-22(24)29-26(32)19-34-21-8-2-1-3-9-21/h1-13,20H,14-19H2. The average molecular weight is 483 g/mol. The number of hydrogen-bond acceptors (Lipinski definition) is 5. The normalized spacial score (nSPS) is 14.6. The molecule has 0 unspecified atom stereocenters. The van der Waals surface area contributed by atoms with Gasteiger partial charge >= 0.3 is 0 Å². The zero-order valence-corrected chi connectivity index (χ0v) is 20.2. The molecule has 6 rings (SSSR count). The summed E-state index contributed by atoms with van der Waals surface area (Å²) in [6.45, 7) is 2.80. The van der Waals surface area contributed by atoms with E-state index in [-0.39, 0.29) is 5.91 Å². The highest BCUT2D eigenvalue weighted by Gasteiger charge is 2.27. The van der Waals surface area contributed by atoms with Gasteiger partial charge in [-0.2, -0.15) is 0 Å². The number of fused-ring (bicyclic) bond motifs is 2. The van der Waals surface area contributed by atoms with Crippen LogP contribution in [-0.2, 0) is 13.2 Å². The van der Waals surface area contributed by atoms with Gasteiger partial charge in [-0.15, -0.1) is 11.3 Å². The minimum Gasteiger partial charge on any atom is -0.486 e. The molecule has 1 aliphatic rings. The van der Waals surface area contributed by atoms with E-state index in [2.05, 4.69) is 27.8 Å². The zero-order chi connectivity index (χ0) is 23.6. The van der Waals surface area contributed by atoms with E-state index in [4.69, 9.17) is 9.72 Å². The molecule has 7 heteroatoms. The second-order valence-electron chi connectivity index (χ2n) is 8.95. The lowest BCUT2D eigenvalue weighted by Crippen LogP contribution is -2.39. The molecule has 176 valence electrons. The van der Waals surface area contributed by atoms with Crippen molar-refractivity contribution in [3.63, 3.8) is 0 Å². The molecule has 1 amide bonds. The van der Waals surface area contributed by atoms with Gasteiger partial charge in [-0.3, -0.25) is 4.79 Å². The summed E-state index contributed by atoms with van der Waals surface area (Å²) in [5.41, 5.74) is 3.02. The van der Waals surface area contributed by atoms with E-state index >= 15 is 0 Å². The summed E-state index contributed by atoms with van der Waals surface area (Å²) in [6, 6.07) is 26.0. The molecular formula is C28H26N4O2S. The molecule has 0 spiro atoms. The van der Waals surface area contributed by atoms with Crippen molar-refractivity contribution >= 4 is 38.5 Å². The summed E-state index contributed by atoms with van der Waals surface area (Å²) in [5.74, 6) is 2.30. The van der Waals surface area contributed by atoms with Gasteiger partial charge in [0.25, 0.3) is 5.91 Å². The molecule has 0 aliphatic carbocycles. The van der Waals surface area contributed by atoms with E-state index in [9.17, 15) is 4.79 Å². The number of imidazole rings is 1. The van der Waals surface area contributed by atoms with Crippen LogP contribution in [0.4, 0.5) is 0 Å². The number of carbonyl (C=O) groups excluding carboxylic acids is 1. The summed E-state index contributed by atoms with van der Waals surface area (Å²) in [6.07, 6.45) is 1.92. The van der Waals surface area contributed by atoms with Crippen molar-refractivity contribution in [3.8, 4) is 5.75 Å². The molecule has 0 radical (unpaired) electrons. The van der Waals surface area contributed by atoms with E-state index in [1.54, 1.807) is 0 Å². The molecular weight excluding hydrogens is 456 g/mol. The van der Waals surface area contributed by atoms with Crippen LogP contribution in [0.3, 0.4) is 0 Å². The summed E-state index contributed by atoms with van der Waals surface area (Å²) < 4.78 is 9.39. The van der Waals surface area contributed by atoms with Crippen LogP contribution >= 0.6 is 11.3 Å². The minimum atomic E-state index is 0.0506. The van der Waals surface area contributed by atoms with Crippen molar-refractivity contribution in [2.45, 2.75) is 26.0 Å². The lowest BCUT2D eigenvalue weighted by molar-refractivity contribution is 0.0682. The van der Waals surface area contributed by atoms with Crippen molar-refractivity contribution in [3.05, 3.63) is 89.7 Å². The lowest BCUT2D eigenvalue weighted by Gasteiger charge is -2.32. The van der Waals surface area contributed by atoms with Crippen LogP contribution in [0.5, 0.6) is 5.75 Å². The van der Waals surface area contributed by atoms with Crippen molar-refractivity contribution in [2.75, 3.05) is 13.1 Å². The lowest BCUT2D eigenvalue weighted by atomic mass is 9.96.